The normalized spacial score (nSPS) is 27.3. The number of carbonyl (C=O) groups excluding carboxylic acids is 2. The smallest absolute Gasteiger partial charge is 0.257 e. The number of morpholine rings is 1. The minimum Gasteiger partial charge on any atom is -0.376 e. The van der Waals surface area contributed by atoms with Gasteiger partial charge in [-0.2, -0.15) is 0 Å². The van der Waals surface area contributed by atoms with Crippen LogP contribution < -0.4 is 5.32 Å². The Balaban J connectivity index is 1.15. The SMILES string of the molecule is C[C@@H]1CN([C@H]2C[C@@H](CO[C@H]3CC[C@H](C)CC3)N(C(=O)Cc3cc(Cl)c(NC(=O)c4cn(C)c5ccccc45)cc3F)C2)C[C@H](C)O1. The molecule has 8 nitrogen and oxygen atoms in total. The Morgan fingerprint density at radius 2 is 1.76 bits per heavy atom. The van der Waals surface area contributed by atoms with Crippen molar-refractivity contribution in [2.75, 3.05) is 31.6 Å². The van der Waals surface area contributed by atoms with Crippen molar-refractivity contribution < 1.29 is 23.5 Å². The number of carbonyl (C=O) groups is 2. The van der Waals surface area contributed by atoms with Crippen LogP contribution in [0.25, 0.3) is 10.9 Å². The Morgan fingerprint density at radius 1 is 1.04 bits per heavy atom. The second-order valence-electron chi connectivity index (χ2n) is 13.7. The number of likely N-dealkylation sites (tertiary alicyclic amines) is 1. The quantitative estimate of drug-likeness (QED) is 0.303. The molecule has 1 aromatic heterocycles. The summed E-state index contributed by atoms with van der Waals surface area (Å²) in [5.74, 6) is -0.377. The summed E-state index contributed by atoms with van der Waals surface area (Å²) in [5.41, 5.74) is 1.75. The van der Waals surface area contributed by atoms with Crippen LogP contribution in [0.2, 0.25) is 5.02 Å². The first kappa shape index (κ1) is 32.9. The maximum absolute atomic E-state index is 15.5. The topological polar surface area (TPSA) is 76.0 Å². The second kappa shape index (κ2) is 14.0. The number of benzene rings is 2. The Morgan fingerprint density at radius 3 is 2.50 bits per heavy atom. The Hall–Kier alpha value is -2.98. The zero-order valence-electron chi connectivity index (χ0n) is 27.3. The van der Waals surface area contributed by atoms with Crippen LogP contribution in [0.5, 0.6) is 0 Å². The highest BCUT2D eigenvalue weighted by Crippen LogP contribution is 2.32. The zero-order chi connectivity index (χ0) is 32.5. The van der Waals surface area contributed by atoms with Crippen LogP contribution in [0, 0.1) is 11.7 Å². The number of nitrogens with one attached hydrogen (secondary N) is 1. The monoisotopic (exact) mass is 652 g/mol. The van der Waals surface area contributed by atoms with E-state index in [1.54, 1.807) is 6.20 Å². The molecule has 248 valence electrons. The van der Waals surface area contributed by atoms with Crippen molar-refractivity contribution in [1.29, 1.82) is 0 Å². The van der Waals surface area contributed by atoms with Crippen molar-refractivity contribution in [1.82, 2.24) is 14.4 Å². The molecule has 3 fully saturated rings. The molecule has 3 aliphatic rings. The molecule has 0 bridgehead atoms. The third kappa shape index (κ3) is 7.28. The van der Waals surface area contributed by atoms with Gasteiger partial charge in [0.05, 0.1) is 53.7 Å². The number of nitrogens with zero attached hydrogens (tertiary/aromatic N) is 3. The van der Waals surface area contributed by atoms with Crippen LogP contribution in [0.3, 0.4) is 0 Å². The molecule has 6 rings (SSSR count). The van der Waals surface area contributed by atoms with Crippen molar-refractivity contribution in [2.45, 2.75) is 89.7 Å². The van der Waals surface area contributed by atoms with E-state index < -0.39 is 5.82 Å². The number of rotatable bonds is 8. The summed E-state index contributed by atoms with van der Waals surface area (Å²) in [6.45, 7) is 9.17. The zero-order valence-corrected chi connectivity index (χ0v) is 28.1. The summed E-state index contributed by atoms with van der Waals surface area (Å²) in [6, 6.07) is 10.4. The van der Waals surface area contributed by atoms with Gasteiger partial charge in [0.2, 0.25) is 5.91 Å². The number of anilines is 1. The summed E-state index contributed by atoms with van der Waals surface area (Å²) in [5, 5.41) is 3.74. The number of ether oxygens (including phenoxy) is 2. The first-order valence-electron chi connectivity index (χ1n) is 16.7. The maximum atomic E-state index is 15.5. The minimum absolute atomic E-state index is 0.0805. The number of halogens is 2. The average molecular weight is 653 g/mol. The van der Waals surface area contributed by atoms with Crippen LogP contribution in [-0.4, -0.2) is 82.8 Å². The molecule has 4 atom stereocenters. The third-order valence-corrected chi connectivity index (χ3v) is 10.3. The minimum atomic E-state index is -0.582. The van der Waals surface area contributed by atoms with Crippen LogP contribution in [0.1, 0.15) is 68.8 Å². The lowest BCUT2D eigenvalue weighted by molar-refractivity contribution is -0.133. The molecule has 3 aromatic rings. The second-order valence-corrected chi connectivity index (χ2v) is 14.1. The molecule has 3 heterocycles. The van der Waals surface area contributed by atoms with Gasteiger partial charge in [0.1, 0.15) is 5.82 Å². The van der Waals surface area contributed by atoms with Crippen LogP contribution >= 0.6 is 11.6 Å². The van der Waals surface area contributed by atoms with Gasteiger partial charge in [0, 0.05) is 49.8 Å². The molecule has 2 aliphatic heterocycles. The molecule has 0 unspecified atom stereocenters. The van der Waals surface area contributed by atoms with E-state index in [2.05, 4.69) is 31.0 Å². The van der Waals surface area contributed by atoms with Crippen molar-refractivity contribution >= 4 is 40.0 Å². The highest BCUT2D eigenvalue weighted by atomic mass is 35.5. The molecule has 2 aromatic carbocycles. The van der Waals surface area contributed by atoms with Gasteiger partial charge in [-0.05, 0) is 75.6 Å². The Labute approximate surface area is 276 Å². The molecule has 2 saturated heterocycles. The molecule has 0 spiro atoms. The lowest BCUT2D eigenvalue weighted by atomic mass is 9.89. The van der Waals surface area contributed by atoms with Crippen molar-refractivity contribution in [3.8, 4) is 0 Å². The van der Waals surface area contributed by atoms with E-state index in [4.69, 9.17) is 21.1 Å². The lowest BCUT2D eigenvalue weighted by Crippen LogP contribution is -2.51. The Kier molecular flexibility index (Phi) is 10.0. The van der Waals surface area contributed by atoms with E-state index in [1.807, 2.05) is 40.8 Å². The molecule has 2 amide bonds. The summed E-state index contributed by atoms with van der Waals surface area (Å²) < 4.78 is 29.8. The predicted octanol–water partition coefficient (Wildman–Crippen LogP) is 6.44. The van der Waals surface area contributed by atoms with Crippen molar-refractivity contribution in [3.63, 3.8) is 0 Å². The predicted molar refractivity (Wildman–Crippen MR) is 179 cm³/mol. The summed E-state index contributed by atoms with van der Waals surface area (Å²) in [6.07, 6.45) is 7.36. The number of hydrogen-bond donors (Lipinski definition) is 1. The first-order valence-corrected chi connectivity index (χ1v) is 17.1. The first-order chi connectivity index (χ1) is 22.0. The van der Waals surface area contributed by atoms with E-state index in [0.717, 1.165) is 49.2 Å². The van der Waals surface area contributed by atoms with Gasteiger partial charge in [-0.15, -0.1) is 0 Å². The molecule has 1 N–H and O–H groups in total. The number of hydrogen-bond acceptors (Lipinski definition) is 5. The van der Waals surface area contributed by atoms with Gasteiger partial charge >= 0.3 is 0 Å². The molecule has 0 radical (unpaired) electrons. The van der Waals surface area contributed by atoms with Crippen molar-refractivity contribution in [3.05, 3.63) is 64.6 Å². The Bertz CT molecular complexity index is 1560. The standard InChI is InChI=1S/C36H46ClFN4O4/c1-22-9-11-28(12-10-22)45-21-27-15-26(41-17-23(2)46-24(3)18-41)19-42(27)35(43)14-25-13-31(37)33(16-32(25)38)39-36(44)30-20-40(4)34-8-6-5-7-29(30)34/h5-8,13,16,20,22-24,26-28H,9-12,14-15,17-19,21H2,1-4H3,(H,39,44)/t22-,23-,24+,26-,27-,28-/m0/s1. The summed E-state index contributed by atoms with van der Waals surface area (Å²) in [7, 11) is 1.87. The van der Waals surface area contributed by atoms with Crippen molar-refractivity contribution in [2.24, 2.45) is 13.0 Å². The third-order valence-electron chi connectivity index (χ3n) is 10.0. The van der Waals surface area contributed by atoms with Crippen LogP contribution in [0.15, 0.2) is 42.6 Å². The maximum Gasteiger partial charge on any atom is 0.257 e. The summed E-state index contributed by atoms with van der Waals surface area (Å²) in [4.78, 5) is 31.4. The fourth-order valence-corrected chi connectivity index (χ4v) is 7.81. The fraction of sp³-hybridized carbons (Fsp3) is 0.556. The summed E-state index contributed by atoms with van der Waals surface area (Å²) >= 11 is 6.58. The largest absolute Gasteiger partial charge is 0.376 e. The van der Waals surface area contributed by atoms with Gasteiger partial charge in [-0.1, -0.05) is 36.7 Å². The lowest BCUT2D eigenvalue weighted by Gasteiger charge is -2.38. The highest BCUT2D eigenvalue weighted by molar-refractivity contribution is 6.34. The van der Waals surface area contributed by atoms with E-state index in [0.29, 0.717) is 18.7 Å². The van der Waals surface area contributed by atoms with E-state index >= 15 is 4.39 Å². The number of para-hydroxylation sites is 1. The number of aromatic nitrogens is 1. The number of amides is 2. The van der Waals surface area contributed by atoms with Gasteiger partial charge in [-0.3, -0.25) is 14.5 Å². The molecule has 10 heteroatoms. The number of fused-ring (bicyclic) bond motifs is 1. The van der Waals surface area contributed by atoms with E-state index in [1.165, 1.54) is 25.0 Å². The molecular formula is C36H46ClFN4O4. The van der Waals surface area contributed by atoms with Gasteiger partial charge in [-0.25, -0.2) is 4.39 Å². The van der Waals surface area contributed by atoms with Gasteiger partial charge in [0.15, 0.2) is 0 Å². The molecule has 1 saturated carbocycles. The van der Waals surface area contributed by atoms with Gasteiger partial charge in [0.25, 0.3) is 5.91 Å². The van der Waals surface area contributed by atoms with Crippen LogP contribution in [-0.2, 0) is 27.7 Å². The highest BCUT2D eigenvalue weighted by Gasteiger charge is 2.40. The number of aryl methyl sites for hydroxylation is 1. The van der Waals surface area contributed by atoms with Crippen LogP contribution in [0.4, 0.5) is 10.1 Å². The molecule has 46 heavy (non-hydrogen) atoms. The van der Waals surface area contributed by atoms with E-state index in [-0.39, 0.29) is 64.9 Å². The average Bonchev–Trinajstić information content (AvgIpc) is 3.60. The van der Waals surface area contributed by atoms with E-state index in [9.17, 15) is 9.59 Å². The van der Waals surface area contributed by atoms with Gasteiger partial charge < -0.3 is 24.3 Å². The fourth-order valence-electron chi connectivity index (χ4n) is 7.58. The molecule has 1 aliphatic carbocycles. The molecular weight excluding hydrogens is 607 g/mol.